The largest absolute Gasteiger partial charge is 0.273 e. The zero-order valence-corrected chi connectivity index (χ0v) is 17.7. The Morgan fingerprint density at radius 1 is 1.07 bits per heavy atom. The lowest BCUT2D eigenvalue weighted by atomic mass is 10.0. The molecule has 144 valence electrons. The minimum Gasteiger partial charge on any atom is -0.267 e. The lowest BCUT2D eigenvalue weighted by Gasteiger charge is -2.07. The number of aromatic nitrogens is 1. The number of aryl methyl sites for hydroxylation is 2. The molecule has 0 N–H and O–H groups in total. The molecule has 3 rings (SSSR count). The van der Waals surface area contributed by atoms with E-state index >= 15 is 0 Å². The molecular weight excluding hydrogens is 378 g/mol. The molecule has 0 spiro atoms. The second kappa shape index (κ2) is 8.31. The van der Waals surface area contributed by atoms with Gasteiger partial charge in [0.25, 0.3) is 5.56 Å². The van der Waals surface area contributed by atoms with E-state index in [1.165, 1.54) is 21.5 Å². The Hall–Kier alpha value is -3.41. The molecule has 1 aromatic heterocycles. The van der Waals surface area contributed by atoms with E-state index in [1.54, 1.807) is 0 Å². The van der Waals surface area contributed by atoms with Gasteiger partial charge in [0.15, 0.2) is 5.57 Å². The second-order valence-corrected chi connectivity index (χ2v) is 8.30. The SMILES string of the molecule is Cc1ccc(-n2c(=C(C#N)C#N)s/c(=C\c3ccc(C(C)C)cc3)c2=O)c(C)c1. The Morgan fingerprint density at radius 3 is 2.28 bits per heavy atom. The van der Waals surface area contributed by atoms with E-state index in [9.17, 15) is 15.3 Å². The van der Waals surface area contributed by atoms with E-state index in [4.69, 9.17) is 0 Å². The summed E-state index contributed by atoms with van der Waals surface area (Å²) in [6, 6.07) is 17.7. The zero-order valence-electron chi connectivity index (χ0n) is 16.9. The molecule has 2 aromatic carbocycles. The Bertz CT molecular complexity index is 1310. The van der Waals surface area contributed by atoms with Crippen molar-refractivity contribution in [2.75, 3.05) is 0 Å². The fourth-order valence-electron chi connectivity index (χ4n) is 3.17. The summed E-state index contributed by atoms with van der Waals surface area (Å²) in [5.41, 5.74) is 4.51. The van der Waals surface area contributed by atoms with Gasteiger partial charge < -0.3 is 0 Å². The van der Waals surface area contributed by atoms with E-state index in [1.807, 2.05) is 62.4 Å². The van der Waals surface area contributed by atoms with Crippen LogP contribution in [0.3, 0.4) is 0 Å². The predicted octanol–water partition coefficient (Wildman–Crippen LogP) is 3.67. The molecule has 0 aliphatic rings. The Kier molecular flexibility index (Phi) is 5.82. The van der Waals surface area contributed by atoms with Crippen LogP contribution in [-0.4, -0.2) is 4.57 Å². The van der Waals surface area contributed by atoms with E-state index < -0.39 is 0 Å². The fraction of sp³-hybridized carbons (Fsp3) is 0.208. The van der Waals surface area contributed by atoms with Gasteiger partial charge in [-0.05, 0) is 48.6 Å². The van der Waals surface area contributed by atoms with Crippen LogP contribution in [0.5, 0.6) is 0 Å². The number of nitrogens with zero attached hydrogens (tertiary/aromatic N) is 3. The molecule has 0 amide bonds. The van der Waals surface area contributed by atoms with Gasteiger partial charge in [0.2, 0.25) is 0 Å². The van der Waals surface area contributed by atoms with Crippen LogP contribution >= 0.6 is 11.3 Å². The van der Waals surface area contributed by atoms with Crippen molar-refractivity contribution >= 4 is 23.0 Å². The summed E-state index contributed by atoms with van der Waals surface area (Å²) in [6.45, 7) is 8.17. The topological polar surface area (TPSA) is 69.6 Å². The maximum Gasteiger partial charge on any atom is 0.273 e. The van der Waals surface area contributed by atoms with Gasteiger partial charge in [0.05, 0.1) is 10.2 Å². The van der Waals surface area contributed by atoms with Gasteiger partial charge in [-0.25, -0.2) is 0 Å². The lowest BCUT2D eigenvalue weighted by Crippen LogP contribution is -2.31. The van der Waals surface area contributed by atoms with E-state index in [0.29, 0.717) is 20.8 Å². The lowest BCUT2D eigenvalue weighted by molar-refractivity contribution is 0.866. The molecule has 0 atom stereocenters. The highest BCUT2D eigenvalue weighted by Gasteiger charge is 2.13. The van der Waals surface area contributed by atoms with Crippen molar-refractivity contribution in [2.45, 2.75) is 33.6 Å². The first kappa shape index (κ1) is 20.3. The summed E-state index contributed by atoms with van der Waals surface area (Å²) in [5, 5.41) is 18.8. The van der Waals surface area contributed by atoms with Gasteiger partial charge >= 0.3 is 0 Å². The summed E-state index contributed by atoms with van der Waals surface area (Å²) in [7, 11) is 0. The number of nitriles is 2. The normalized spacial score (nSPS) is 11.3. The minimum absolute atomic E-state index is 0.0677. The first-order chi connectivity index (χ1) is 13.8. The van der Waals surface area contributed by atoms with Crippen LogP contribution in [0.15, 0.2) is 47.3 Å². The number of hydrogen-bond donors (Lipinski definition) is 0. The average molecular weight is 400 g/mol. The van der Waals surface area contributed by atoms with Crippen LogP contribution in [0.4, 0.5) is 0 Å². The molecule has 0 aliphatic carbocycles. The van der Waals surface area contributed by atoms with Crippen LogP contribution in [0, 0.1) is 36.5 Å². The van der Waals surface area contributed by atoms with Crippen molar-refractivity contribution in [1.29, 1.82) is 10.5 Å². The van der Waals surface area contributed by atoms with Crippen molar-refractivity contribution in [3.8, 4) is 17.8 Å². The maximum atomic E-state index is 13.3. The third-order valence-corrected chi connectivity index (χ3v) is 5.85. The minimum atomic E-state index is -0.229. The van der Waals surface area contributed by atoms with E-state index in [0.717, 1.165) is 16.7 Å². The third kappa shape index (κ3) is 4.06. The molecular formula is C24H21N3OS. The summed E-state index contributed by atoms with van der Waals surface area (Å²) < 4.78 is 2.33. The van der Waals surface area contributed by atoms with Crippen LogP contribution in [0.2, 0.25) is 0 Å². The van der Waals surface area contributed by atoms with Crippen LogP contribution in [0.25, 0.3) is 17.3 Å². The Balaban J connectivity index is 2.32. The van der Waals surface area contributed by atoms with Crippen molar-refractivity contribution in [3.63, 3.8) is 0 Å². The summed E-state index contributed by atoms with van der Waals surface area (Å²) >= 11 is 1.17. The highest BCUT2D eigenvalue weighted by Crippen LogP contribution is 2.15. The number of benzene rings is 2. The Labute approximate surface area is 173 Å². The van der Waals surface area contributed by atoms with Gasteiger partial charge in [0, 0.05) is 0 Å². The van der Waals surface area contributed by atoms with Gasteiger partial charge in [-0.1, -0.05) is 55.8 Å². The molecule has 0 bridgehead atoms. The third-order valence-electron chi connectivity index (χ3n) is 4.76. The Morgan fingerprint density at radius 2 is 1.72 bits per heavy atom. The first-order valence-electron chi connectivity index (χ1n) is 9.31. The standard InChI is InChI=1S/C24H21N3OS/c1-15(2)19-8-6-18(7-9-19)12-22-23(28)27(24(29-22)20(13-25)14-26)21-10-5-16(3)11-17(21)4/h5-12,15H,1-4H3/b22-12-. The molecule has 0 aliphatic heterocycles. The summed E-state index contributed by atoms with van der Waals surface area (Å²) in [6.07, 6.45) is 1.81. The molecule has 4 nitrogen and oxygen atoms in total. The van der Waals surface area contributed by atoms with E-state index in [-0.39, 0.29) is 11.1 Å². The first-order valence-corrected chi connectivity index (χ1v) is 10.1. The van der Waals surface area contributed by atoms with Gasteiger partial charge in [0.1, 0.15) is 16.8 Å². The fourth-order valence-corrected chi connectivity index (χ4v) is 4.22. The van der Waals surface area contributed by atoms with Crippen LogP contribution in [0.1, 0.15) is 42.0 Å². The van der Waals surface area contributed by atoms with Gasteiger partial charge in [-0.2, -0.15) is 10.5 Å². The average Bonchev–Trinajstić information content (AvgIpc) is 2.99. The van der Waals surface area contributed by atoms with Gasteiger partial charge in [-0.15, -0.1) is 11.3 Å². The summed E-state index contributed by atoms with van der Waals surface area (Å²) in [4.78, 5) is 13.3. The number of rotatable bonds is 3. The molecule has 3 aromatic rings. The van der Waals surface area contributed by atoms with Crippen LogP contribution < -0.4 is 14.8 Å². The van der Waals surface area contributed by atoms with Crippen molar-refractivity contribution in [3.05, 3.63) is 84.3 Å². The zero-order chi connectivity index (χ0) is 21.1. The van der Waals surface area contributed by atoms with Crippen molar-refractivity contribution in [1.82, 2.24) is 4.57 Å². The molecule has 5 heteroatoms. The van der Waals surface area contributed by atoms with Crippen molar-refractivity contribution in [2.24, 2.45) is 0 Å². The van der Waals surface area contributed by atoms with Crippen molar-refractivity contribution < 1.29 is 0 Å². The highest BCUT2D eigenvalue weighted by molar-refractivity contribution is 7.07. The van der Waals surface area contributed by atoms with Gasteiger partial charge in [-0.3, -0.25) is 9.36 Å². The monoisotopic (exact) mass is 399 g/mol. The molecule has 0 saturated carbocycles. The smallest absolute Gasteiger partial charge is 0.267 e. The number of thiazole rings is 1. The molecule has 0 radical (unpaired) electrons. The molecule has 0 fully saturated rings. The molecule has 0 saturated heterocycles. The van der Waals surface area contributed by atoms with E-state index in [2.05, 4.69) is 26.0 Å². The quantitative estimate of drug-likeness (QED) is 0.675. The highest BCUT2D eigenvalue weighted by atomic mass is 32.1. The predicted molar refractivity (Wildman–Crippen MR) is 117 cm³/mol. The molecule has 1 heterocycles. The number of hydrogen-bond acceptors (Lipinski definition) is 4. The second-order valence-electron chi connectivity index (χ2n) is 7.27. The molecule has 29 heavy (non-hydrogen) atoms. The maximum absolute atomic E-state index is 13.3. The van der Waals surface area contributed by atoms with Crippen LogP contribution in [-0.2, 0) is 0 Å². The summed E-state index contributed by atoms with van der Waals surface area (Å²) in [5.74, 6) is 0.433. The molecule has 0 unspecified atom stereocenters.